The number of carbonyl (C=O) groups excluding carboxylic acids is 2. The van der Waals surface area contributed by atoms with Crippen molar-refractivity contribution in [1.29, 1.82) is 0 Å². The van der Waals surface area contributed by atoms with Crippen LogP contribution >= 0.6 is 9.84 Å². The Balaban J connectivity index is 1.45. The van der Waals surface area contributed by atoms with Crippen molar-refractivity contribution in [3.05, 3.63) is 75.5 Å². The van der Waals surface area contributed by atoms with Crippen LogP contribution in [0, 0.1) is 12.8 Å². The highest BCUT2D eigenvalue weighted by Gasteiger charge is 2.61. The van der Waals surface area contributed by atoms with Gasteiger partial charge in [0.05, 0.1) is 11.4 Å². The summed E-state index contributed by atoms with van der Waals surface area (Å²) in [6, 6.07) is 6.64. The highest BCUT2D eigenvalue weighted by atomic mass is 32.5. The molecule has 0 saturated carbocycles. The molecule has 2 heterocycles. The topological polar surface area (TPSA) is 52.7 Å². The zero-order valence-corrected chi connectivity index (χ0v) is 24.5. The number of amides is 2. The summed E-state index contributed by atoms with van der Waals surface area (Å²) in [4.78, 5) is 27.8. The zero-order valence-electron chi connectivity index (χ0n) is 23.7. The number of halogens is 6. The third kappa shape index (κ3) is 6.48. The van der Waals surface area contributed by atoms with Gasteiger partial charge in [-0.1, -0.05) is 25.6 Å². The van der Waals surface area contributed by atoms with Crippen LogP contribution < -0.4 is 15.8 Å². The Morgan fingerprint density at radius 3 is 2.33 bits per heavy atom. The molecule has 1 fully saturated rings. The molecule has 2 amide bonds. The normalized spacial score (nSPS) is 19.2. The van der Waals surface area contributed by atoms with E-state index in [0.29, 0.717) is 42.9 Å². The summed E-state index contributed by atoms with van der Waals surface area (Å²) in [5.74, 6) is -3.90. The molecule has 5 nitrogen and oxygen atoms in total. The minimum absolute atomic E-state index is 0.0334. The third-order valence-electron chi connectivity index (χ3n) is 8.00. The Hall–Kier alpha value is -3.41. The monoisotopic (exact) mass is 615 g/mol. The van der Waals surface area contributed by atoms with E-state index in [1.165, 1.54) is 11.8 Å². The molecule has 2 aliphatic heterocycles. The summed E-state index contributed by atoms with van der Waals surface area (Å²) in [5, 5.41) is 3.48. The molecule has 2 aromatic carbocycles. The van der Waals surface area contributed by atoms with Crippen LogP contribution in [-0.4, -0.2) is 59.8 Å². The molecule has 4 rings (SSSR count). The van der Waals surface area contributed by atoms with E-state index in [1.807, 2.05) is 6.20 Å². The van der Waals surface area contributed by atoms with E-state index in [4.69, 9.17) is 0 Å². The maximum Gasteiger partial charge on any atom is 0.264 e. The van der Waals surface area contributed by atoms with E-state index >= 15 is 0 Å². The fraction of sp³-hybridized carbons (Fsp3) is 0.400. The Bertz CT molecular complexity index is 1530. The van der Waals surface area contributed by atoms with Crippen molar-refractivity contribution >= 4 is 33.9 Å². The Morgan fingerprint density at radius 2 is 1.74 bits per heavy atom. The maximum atomic E-state index is 13.9. The fourth-order valence-electron chi connectivity index (χ4n) is 5.04. The van der Waals surface area contributed by atoms with E-state index in [0.717, 1.165) is 29.0 Å². The first-order valence-electron chi connectivity index (χ1n) is 13.6. The minimum atomic E-state index is -8.58. The Morgan fingerprint density at radius 1 is 1.10 bits per heavy atom. The smallest absolute Gasteiger partial charge is 0.264 e. The average Bonchev–Trinajstić information content (AvgIpc) is 3.07. The van der Waals surface area contributed by atoms with Crippen LogP contribution in [0.3, 0.4) is 0 Å². The Kier molecular flexibility index (Phi) is 7.80. The number of fused-ring (bicyclic) bond motifs is 1. The van der Waals surface area contributed by atoms with Gasteiger partial charge in [-0.15, -0.1) is 15.5 Å². The molecule has 0 aliphatic carbocycles. The van der Waals surface area contributed by atoms with Crippen LogP contribution in [0.4, 0.5) is 24.3 Å². The number of nitrogens with one attached hydrogen (secondary N) is 1. The highest BCUT2D eigenvalue weighted by Crippen LogP contribution is 3.01. The summed E-state index contributed by atoms with van der Waals surface area (Å²) in [6.07, 6.45) is 4.37. The van der Waals surface area contributed by atoms with Gasteiger partial charge >= 0.3 is 0 Å². The van der Waals surface area contributed by atoms with E-state index in [-0.39, 0.29) is 23.9 Å². The number of carbonyl (C=O) groups is 2. The predicted octanol–water partition coefficient (Wildman–Crippen LogP) is 6.07. The maximum absolute atomic E-state index is 13.9. The van der Waals surface area contributed by atoms with Crippen LogP contribution in [0.15, 0.2) is 53.3 Å². The van der Waals surface area contributed by atoms with Gasteiger partial charge in [0.1, 0.15) is 0 Å². The molecule has 1 atom stereocenters. The molecule has 1 N–H and O–H groups in total. The first-order chi connectivity index (χ1) is 19.4. The SMILES string of the molecule is C=CS(F)(F)(F)(F)c1ccc(C(=O)N2CC(CN3C=c4c(C)c(C(=O)NCC(F)(F)CC)ccc4=CCC3C)C2)cc1. The van der Waals surface area contributed by atoms with Crippen LogP contribution in [0.1, 0.15) is 53.0 Å². The van der Waals surface area contributed by atoms with E-state index < -0.39 is 44.4 Å². The number of hydrogen-bond acceptors (Lipinski definition) is 3. The molecule has 0 radical (unpaired) electrons. The van der Waals surface area contributed by atoms with Gasteiger partial charge in [0.15, 0.2) is 0 Å². The van der Waals surface area contributed by atoms with Gasteiger partial charge in [0.2, 0.25) is 9.84 Å². The minimum Gasteiger partial charge on any atom is -0.373 e. The van der Waals surface area contributed by atoms with Gasteiger partial charge in [0.25, 0.3) is 17.7 Å². The second-order valence-corrected chi connectivity index (χ2v) is 14.2. The van der Waals surface area contributed by atoms with Crippen LogP contribution in [0.25, 0.3) is 12.3 Å². The lowest BCUT2D eigenvalue weighted by molar-refractivity contribution is -0.00103. The number of likely N-dealkylation sites (tertiary alicyclic amines) is 1. The van der Waals surface area contributed by atoms with Gasteiger partial charge < -0.3 is 15.1 Å². The van der Waals surface area contributed by atoms with Crippen molar-refractivity contribution < 1.29 is 33.9 Å². The molecule has 2 aromatic rings. The highest BCUT2D eigenvalue weighted by molar-refractivity contribution is 8.52. The van der Waals surface area contributed by atoms with E-state index in [9.17, 15) is 33.9 Å². The second kappa shape index (κ2) is 10.4. The molecule has 1 unspecified atom stereocenters. The van der Waals surface area contributed by atoms with Crippen molar-refractivity contribution in [2.24, 2.45) is 5.92 Å². The number of benzene rings is 2. The second-order valence-electron chi connectivity index (χ2n) is 11.1. The molecule has 1 saturated heterocycles. The predicted molar refractivity (Wildman–Crippen MR) is 154 cm³/mol. The quantitative estimate of drug-likeness (QED) is 0.349. The van der Waals surface area contributed by atoms with Crippen molar-refractivity contribution in [3.63, 3.8) is 0 Å². The lowest BCUT2D eigenvalue weighted by Crippen LogP contribution is -2.54. The van der Waals surface area contributed by atoms with Crippen LogP contribution in [0.2, 0.25) is 0 Å². The van der Waals surface area contributed by atoms with Crippen molar-refractivity contribution in [2.75, 3.05) is 26.2 Å². The molecule has 42 heavy (non-hydrogen) atoms. The zero-order chi connectivity index (χ0) is 31.2. The van der Waals surface area contributed by atoms with Crippen LogP contribution in [0.5, 0.6) is 0 Å². The Labute approximate surface area is 241 Å². The summed E-state index contributed by atoms with van der Waals surface area (Å²) in [7, 11) is -8.58. The largest absolute Gasteiger partial charge is 0.373 e. The van der Waals surface area contributed by atoms with E-state index in [1.54, 1.807) is 19.1 Å². The number of nitrogens with zero attached hydrogens (tertiary/aromatic N) is 2. The number of alkyl halides is 2. The first kappa shape index (κ1) is 31.5. The van der Waals surface area contributed by atoms with Crippen molar-refractivity contribution in [3.8, 4) is 0 Å². The first-order valence-corrected chi connectivity index (χ1v) is 15.8. The van der Waals surface area contributed by atoms with Gasteiger partial charge in [-0.05, 0) is 61.4 Å². The van der Waals surface area contributed by atoms with Crippen LogP contribution in [-0.2, 0) is 0 Å². The van der Waals surface area contributed by atoms with Gasteiger partial charge in [-0.25, -0.2) is 8.78 Å². The molecule has 230 valence electrons. The number of hydrogen-bond donors (Lipinski definition) is 1. The van der Waals surface area contributed by atoms with Gasteiger partial charge in [-0.2, -0.15) is 0 Å². The van der Waals surface area contributed by atoms with Gasteiger partial charge in [-0.3, -0.25) is 9.59 Å². The molecule has 12 heteroatoms. The number of rotatable bonds is 9. The lowest BCUT2D eigenvalue weighted by atomic mass is 9.97. The molecule has 0 bridgehead atoms. The van der Waals surface area contributed by atoms with Crippen molar-refractivity contribution in [2.45, 2.75) is 50.5 Å². The third-order valence-corrected chi connectivity index (χ3v) is 9.93. The molecule has 2 aliphatic rings. The molecular weight excluding hydrogens is 580 g/mol. The fourth-order valence-corrected chi connectivity index (χ4v) is 5.94. The summed E-state index contributed by atoms with van der Waals surface area (Å²) >= 11 is 0. The summed E-state index contributed by atoms with van der Waals surface area (Å²) in [6.45, 7) is 8.43. The van der Waals surface area contributed by atoms with E-state index in [2.05, 4.69) is 29.8 Å². The average molecular weight is 616 g/mol. The summed E-state index contributed by atoms with van der Waals surface area (Å²) < 4.78 is 83.1. The molecule has 0 aromatic heterocycles. The van der Waals surface area contributed by atoms with Gasteiger partial charge in [0, 0.05) is 66.0 Å². The summed E-state index contributed by atoms with van der Waals surface area (Å²) in [5.41, 5.74) is 1.02. The molecule has 0 spiro atoms. The molecular formula is C30H35F6N3O2S. The van der Waals surface area contributed by atoms with Crippen molar-refractivity contribution in [1.82, 2.24) is 15.1 Å². The standard InChI is InChI=1S/C30H35F6N3O2S/c1-5-30(31,32)19-37-28(40)26-14-11-23-8-7-20(3)38(18-27(23)21(26)4)15-22-16-39(17-22)29(41)24-9-12-25(13-10-24)42(33,34,35,36)6-2/h6,8-14,18,20,22H,2,5,7,15-17,19H2,1,3-4H3,(H,37,40). The lowest BCUT2D eigenvalue weighted by Gasteiger charge is -2.46.